The van der Waals surface area contributed by atoms with Crippen molar-refractivity contribution in [3.8, 4) is 6.07 Å². The molecule has 1 amide bonds. The molecule has 7 nitrogen and oxygen atoms in total. The first-order valence-corrected chi connectivity index (χ1v) is 10.5. The van der Waals surface area contributed by atoms with Crippen molar-refractivity contribution < 1.29 is 9.53 Å². The second-order valence-corrected chi connectivity index (χ2v) is 8.97. The van der Waals surface area contributed by atoms with E-state index in [1.165, 1.54) is 10.0 Å². The van der Waals surface area contributed by atoms with Gasteiger partial charge < -0.3 is 4.74 Å². The van der Waals surface area contributed by atoms with E-state index >= 15 is 0 Å². The first-order chi connectivity index (χ1) is 14.8. The number of benzene rings is 2. The molecule has 0 spiro atoms. The lowest BCUT2D eigenvalue weighted by Gasteiger charge is -2.36. The van der Waals surface area contributed by atoms with Gasteiger partial charge >= 0.3 is 6.09 Å². The maximum absolute atomic E-state index is 13.3. The Morgan fingerprint density at radius 2 is 1.87 bits per heavy atom. The Labute approximate surface area is 189 Å². The van der Waals surface area contributed by atoms with E-state index in [4.69, 9.17) is 4.74 Å². The van der Waals surface area contributed by atoms with Gasteiger partial charge in [0.1, 0.15) is 17.4 Å². The highest BCUT2D eigenvalue weighted by molar-refractivity contribution is 9.10. The molecule has 0 fully saturated rings. The van der Waals surface area contributed by atoms with Gasteiger partial charge in [0, 0.05) is 27.2 Å². The average molecular weight is 478 g/mol. The number of fused-ring (bicyclic) bond motifs is 3. The van der Waals surface area contributed by atoms with Gasteiger partial charge in [0.05, 0.1) is 11.9 Å². The van der Waals surface area contributed by atoms with Crippen molar-refractivity contribution in [1.29, 1.82) is 5.26 Å². The Bertz CT molecular complexity index is 1160. The van der Waals surface area contributed by atoms with Crippen LogP contribution in [0, 0.1) is 11.3 Å². The summed E-state index contributed by atoms with van der Waals surface area (Å²) in [6.07, 6.45) is 1.92. The van der Waals surface area contributed by atoms with Gasteiger partial charge in [0.2, 0.25) is 0 Å². The summed E-state index contributed by atoms with van der Waals surface area (Å²) < 4.78 is 6.57. The smallest absolute Gasteiger partial charge is 0.433 e. The highest BCUT2D eigenvalue weighted by Gasteiger charge is 2.39. The number of rotatable bonds is 1. The van der Waals surface area contributed by atoms with Crippen LogP contribution >= 0.6 is 15.9 Å². The fourth-order valence-electron chi connectivity index (χ4n) is 3.30. The third-order valence-electron chi connectivity index (χ3n) is 4.63. The number of hydrogen-bond acceptors (Lipinski definition) is 6. The van der Waals surface area contributed by atoms with Crippen LogP contribution in [-0.2, 0) is 4.74 Å². The van der Waals surface area contributed by atoms with Crippen molar-refractivity contribution in [2.75, 3.05) is 0 Å². The number of carbonyl (C=O) groups is 1. The van der Waals surface area contributed by atoms with Gasteiger partial charge in [-0.1, -0.05) is 52.3 Å². The molecule has 0 saturated heterocycles. The predicted molar refractivity (Wildman–Crippen MR) is 121 cm³/mol. The summed E-state index contributed by atoms with van der Waals surface area (Å²) in [5.41, 5.74) is 2.40. The minimum absolute atomic E-state index is 0.267. The first-order valence-electron chi connectivity index (χ1n) is 9.67. The van der Waals surface area contributed by atoms with Crippen molar-refractivity contribution in [2.24, 2.45) is 10.2 Å². The van der Waals surface area contributed by atoms with E-state index in [1.54, 1.807) is 33.1 Å². The summed E-state index contributed by atoms with van der Waals surface area (Å²) >= 11 is 3.43. The standard InChI is InChI=1S/C23H20BrN5O2/c1-23(2,3)31-22(30)29-21-19-7-5-4-6-16(19)14-26-28(21)18(13-25)12-20(27-29)15-8-10-17(24)11-9-15/h4-12,14,21H,1-3H3. The van der Waals surface area contributed by atoms with Crippen LogP contribution in [0.1, 0.15) is 43.6 Å². The number of hydrogen-bond donors (Lipinski definition) is 0. The molecule has 156 valence electrons. The summed E-state index contributed by atoms with van der Waals surface area (Å²) in [4.78, 5) is 13.3. The molecule has 0 aliphatic carbocycles. The van der Waals surface area contributed by atoms with Crippen molar-refractivity contribution in [2.45, 2.75) is 32.5 Å². The molecular weight excluding hydrogens is 458 g/mol. The van der Waals surface area contributed by atoms with Crippen LogP contribution in [0.5, 0.6) is 0 Å². The average Bonchev–Trinajstić information content (AvgIpc) is 2.90. The Balaban J connectivity index is 1.91. The molecule has 8 heteroatoms. The topological polar surface area (TPSA) is 81.3 Å². The first kappa shape index (κ1) is 20.8. The third kappa shape index (κ3) is 4.23. The van der Waals surface area contributed by atoms with Crippen molar-refractivity contribution in [3.63, 3.8) is 0 Å². The molecule has 0 aromatic heterocycles. The van der Waals surface area contributed by atoms with E-state index in [0.717, 1.165) is 21.2 Å². The van der Waals surface area contributed by atoms with Crippen LogP contribution in [0.2, 0.25) is 0 Å². The fourth-order valence-corrected chi connectivity index (χ4v) is 3.57. The maximum Gasteiger partial charge on any atom is 0.433 e. The number of carbonyl (C=O) groups excluding carboxylic acids is 1. The zero-order chi connectivity index (χ0) is 22.2. The summed E-state index contributed by atoms with van der Waals surface area (Å²) in [5, 5.41) is 21.8. The van der Waals surface area contributed by atoms with Gasteiger partial charge in [-0.3, -0.25) is 0 Å². The quantitative estimate of drug-likeness (QED) is 0.567. The predicted octanol–water partition coefficient (Wildman–Crippen LogP) is 5.16. The zero-order valence-corrected chi connectivity index (χ0v) is 18.9. The molecule has 0 bridgehead atoms. The number of allylic oxidation sites excluding steroid dienone is 2. The van der Waals surface area contributed by atoms with Crippen LogP contribution in [0.25, 0.3) is 0 Å². The molecule has 2 aromatic rings. The van der Waals surface area contributed by atoms with Gasteiger partial charge in [-0.25, -0.2) is 9.80 Å². The summed E-state index contributed by atoms with van der Waals surface area (Å²) in [6.45, 7) is 5.39. The molecule has 1 atom stereocenters. The lowest BCUT2D eigenvalue weighted by molar-refractivity contribution is -0.00431. The number of nitriles is 1. The van der Waals surface area contributed by atoms with E-state index in [0.29, 0.717) is 5.71 Å². The van der Waals surface area contributed by atoms with Crippen molar-refractivity contribution >= 4 is 33.9 Å². The molecule has 2 heterocycles. The number of hydrazone groups is 2. The summed E-state index contributed by atoms with van der Waals surface area (Å²) in [5.74, 6) is 0. The van der Waals surface area contributed by atoms with Crippen LogP contribution in [-0.4, -0.2) is 33.6 Å². The van der Waals surface area contributed by atoms with Crippen LogP contribution in [0.15, 0.2) is 75.0 Å². The highest BCUT2D eigenvalue weighted by Crippen LogP contribution is 2.36. The largest absolute Gasteiger partial charge is 0.442 e. The van der Waals surface area contributed by atoms with E-state index < -0.39 is 17.9 Å². The van der Waals surface area contributed by atoms with E-state index in [9.17, 15) is 10.1 Å². The second kappa shape index (κ2) is 8.00. The Morgan fingerprint density at radius 3 is 2.55 bits per heavy atom. The Morgan fingerprint density at radius 1 is 1.16 bits per heavy atom. The monoisotopic (exact) mass is 477 g/mol. The lowest BCUT2D eigenvalue weighted by Crippen LogP contribution is -2.43. The summed E-state index contributed by atoms with van der Waals surface area (Å²) in [6, 6.07) is 17.3. The molecule has 1 unspecified atom stereocenters. The lowest BCUT2D eigenvalue weighted by atomic mass is 10.0. The number of halogens is 1. The maximum atomic E-state index is 13.3. The van der Waals surface area contributed by atoms with Gasteiger partial charge in [-0.15, -0.1) is 0 Å². The van der Waals surface area contributed by atoms with Gasteiger partial charge in [0.15, 0.2) is 6.17 Å². The van der Waals surface area contributed by atoms with E-state index in [-0.39, 0.29) is 5.70 Å². The van der Waals surface area contributed by atoms with Gasteiger partial charge in [-0.2, -0.15) is 20.5 Å². The Hall–Kier alpha value is -3.44. The summed E-state index contributed by atoms with van der Waals surface area (Å²) in [7, 11) is 0. The SMILES string of the molecule is CC(C)(C)OC(=O)N1N=C(c2ccc(Br)cc2)C=C(C#N)N2N=Cc3ccccc3C12. The normalized spacial score (nSPS) is 17.6. The molecule has 0 saturated carbocycles. The van der Waals surface area contributed by atoms with E-state index in [1.807, 2.05) is 48.5 Å². The molecule has 0 N–H and O–H groups in total. The van der Waals surface area contributed by atoms with Crippen LogP contribution in [0.4, 0.5) is 4.79 Å². The van der Waals surface area contributed by atoms with Crippen LogP contribution in [0.3, 0.4) is 0 Å². The third-order valence-corrected chi connectivity index (χ3v) is 5.16. The van der Waals surface area contributed by atoms with Crippen LogP contribution < -0.4 is 0 Å². The number of ether oxygens (including phenoxy) is 1. The van der Waals surface area contributed by atoms with Gasteiger partial charge in [-0.05, 0) is 32.9 Å². The van der Waals surface area contributed by atoms with Crippen molar-refractivity contribution in [1.82, 2.24) is 10.0 Å². The van der Waals surface area contributed by atoms with Gasteiger partial charge in [0.25, 0.3) is 0 Å². The molecule has 0 radical (unpaired) electrons. The van der Waals surface area contributed by atoms with E-state index in [2.05, 4.69) is 32.2 Å². The molecule has 2 aliphatic rings. The minimum Gasteiger partial charge on any atom is -0.442 e. The second-order valence-electron chi connectivity index (χ2n) is 8.05. The molecule has 31 heavy (non-hydrogen) atoms. The minimum atomic E-state index is -0.755. The zero-order valence-electron chi connectivity index (χ0n) is 17.3. The number of amides is 1. The molecule has 2 aliphatic heterocycles. The molecule has 4 rings (SSSR count). The molecular formula is C23H20BrN5O2. The fraction of sp³-hybridized carbons (Fsp3) is 0.217. The van der Waals surface area contributed by atoms with Crippen molar-refractivity contribution in [3.05, 3.63) is 81.5 Å². The highest BCUT2D eigenvalue weighted by atomic mass is 79.9. The number of nitrogens with zero attached hydrogens (tertiary/aromatic N) is 5. The Kier molecular flexibility index (Phi) is 5.38. The molecule has 2 aromatic carbocycles.